The van der Waals surface area contributed by atoms with E-state index in [1.807, 2.05) is 35.2 Å². The van der Waals surface area contributed by atoms with Crippen molar-refractivity contribution in [2.45, 2.75) is 45.1 Å². The molecule has 122 valence electrons. The van der Waals surface area contributed by atoms with Crippen LogP contribution in [0.5, 0.6) is 0 Å². The van der Waals surface area contributed by atoms with Crippen molar-refractivity contribution in [1.29, 1.82) is 0 Å². The molecule has 5 heteroatoms. The van der Waals surface area contributed by atoms with Crippen LogP contribution in [0.4, 0.5) is 0 Å². The van der Waals surface area contributed by atoms with Crippen molar-refractivity contribution in [1.82, 2.24) is 10.1 Å². The molecule has 0 aliphatic carbocycles. The molecule has 1 aliphatic heterocycles. The quantitative estimate of drug-likeness (QED) is 0.835. The van der Waals surface area contributed by atoms with Gasteiger partial charge < -0.3 is 9.42 Å². The predicted octanol–water partition coefficient (Wildman–Crippen LogP) is 4.36. The second-order valence-corrected chi connectivity index (χ2v) is 6.80. The van der Waals surface area contributed by atoms with E-state index in [1.54, 1.807) is 0 Å². The minimum Gasteiger partial charge on any atom is -0.361 e. The normalized spacial score (nSPS) is 17.9. The predicted molar refractivity (Wildman–Crippen MR) is 89.4 cm³/mol. The Labute approximate surface area is 141 Å². The van der Waals surface area contributed by atoms with Crippen molar-refractivity contribution in [3.05, 3.63) is 52.4 Å². The topological polar surface area (TPSA) is 46.3 Å². The number of benzene rings is 1. The van der Waals surface area contributed by atoms with Gasteiger partial charge in [-0.15, -0.1) is 0 Å². The van der Waals surface area contributed by atoms with Gasteiger partial charge in [0.25, 0.3) is 0 Å². The average molecular weight is 333 g/mol. The standard InChI is InChI=1S/C18H21ClN2O2/c1-12(2)17-11-15(20-23-17)16-7-4-8-21(16)18(22)10-13-5-3-6-14(19)9-13/h3,5-6,9,11-12,16H,4,7-8,10H2,1-2H3/t16-/m0/s1. The van der Waals surface area contributed by atoms with Gasteiger partial charge >= 0.3 is 0 Å². The van der Waals surface area contributed by atoms with E-state index < -0.39 is 0 Å². The average Bonchev–Trinajstić information content (AvgIpc) is 3.16. The number of amides is 1. The fraction of sp³-hybridized carbons (Fsp3) is 0.444. The fourth-order valence-electron chi connectivity index (χ4n) is 3.03. The molecule has 0 saturated carbocycles. The van der Waals surface area contributed by atoms with Gasteiger partial charge in [-0.05, 0) is 30.5 Å². The smallest absolute Gasteiger partial charge is 0.227 e. The van der Waals surface area contributed by atoms with Crippen LogP contribution in [0.2, 0.25) is 5.02 Å². The molecule has 1 aliphatic rings. The van der Waals surface area contributed by atoms with Crippen molar-refractivity contribution in [3.63, 3.8) is 0 Å². The van der Waals surface area contributed by atoms with E-state index in [0.717, 1.165) is 36.4 Å². The number of carbonyl (C=O) groups is 1. The number of carbonyl (C=O) groups excluding carboxylic acids is 1. The summed E-state index contributed by atoms with van der Waals surface area (Å²) in [6.07, 6.45) is 2.30. The van der Waals surface area contributed by atoms with Crippen LogP contribution in [-0.4, -0.2) is 22.5 Å². The Kier molecular flexibility index (Phi) is 4.71. The van der Waals surface area contributed by atoms with E-state index >= 15 is 0 Å². The molecule has 1 atom stereocenters. The zero-order valence-corrected chi connectivity index (χ0v) is 14.2. The third kappa shape index (κ3) is 3.58. The summed E-state index contributed by atoms with van der Waals surface area (Å²) in [5, 5.41) is 4.84. The molecule has 0 bridgehead atoms. The Bertz CT molecular complexity index is 696. The third-order valence-corrected chi connectivity index (χ3v) is 4.51. The van der Waals surface area contributed by atoms with Crippen LogP contribution < -0.4 is 0 Å². The molecular weight excluding hydrogens is 312 g/mol. The number of aromatic nitrogens is 1. The Morgan fingerprint density at radius 3 is 2.96 bits per heavy atom. The van der Waals surface area contributed by atoms with Crippen LogP contribution in [-0.2, 0) is 11.2 Å². The van der Waals surface area contributed by atoms with Crippen molar-refractivity contribution >= 4 is 17.5 Å². The van der Waals surface area contributed by atoms with Crippen LogP contribution in [0.15, 0.2) is 34.9 Å². The summed E-state index contributed by atoms with van der Waals surface area (Å²) >= 11 is 6.00. The first-order valence-electron chi connectivity index (χ1n) is 8.05. The molecule has 0 N–H and O–H groups in total. The minimum absolute atomic E-state index is 0.0259. The molecule has 3 rings (SSSR count). The molecule has 0 unspecified atom stereocenters. The second-order valence-electron chi connectivity index (χ2n) is 6.36. The van der Waals surface area contributed by atoms with Crippen LogP contribution in [0, 0.1) is 0 Å². The van der Waals surface area contributed by atoms with Gasteiger partial charge in [0.05, 0.1) is 12.5 Å². The van der Waals surface area contributed by atoms with E-state index in [1.165, 1.54) is 0 Å². The van der Waals surface area contributed by atoms with Crippen molar-refractivity contribution in [2.24, 2.45) is 0 Å². The molecular formula is C18H21ClN2O2. The van der Waals surface area contributed by atoms with E-state index in [-0.39, 0.29) is 11.9 Å². The van der Waals surface area contributed by atoms with Crippen molar-refractivity contribution in [3.8, 4) is 0 Å². The molecule has 2 heterocycles. The maximum atomic E-state index is 12.7. The van der Waals surface area contributed by atoms with E-state index in [0.29, 0.717) is 17.4 Å². The molecule has 2 aromatic rings. The van der Waals surface area contributed by atoms with Gasteiger partial charge in [-0.2, -0.15) is 0 Å². The summed E-state index contributed by atoms with van der Waals surface area (Å²) in [6, 6.07) is 9.48. The first-order valence-corrected chi connectivity index (χ1v) is 8.43. The molecule has 4 nitrogen and oxygen atoms in total. The Hall–Kier alpha value is -1.81. The minimum atomic E-state index is 0.0259. The van der Waals surface area contributed by atoms with Gasteiger partial charge in [0.1, 0.15) is 11.5 Å². The van der Waals surface area contributed by atoms with E-state index in [2.05, 4.69) is 19.0 Å². The van der Waals surface area contributed by atoms with Crippen LogP contribution >= 0.6 is 11.6 Å². The Morgan fingerprint density at radius 1 is 1.43 bits per heavy atom. The summed E-state index contributed by atoms with van der Waals surface area (Å²) in [6.45, 7) is 4.91. The van der Waals surface area contributed by atoms with E-state index in [9.17, 15) is 4.79 Å². The molecule has 1 aromatic carbocycles. The van der Waals surface area contributed by atoms with Gasteiger partial charge in [0.2, 0.25) is 5.91 Å². The number of likely N-dealkylation sites (tertiary alicyclic amines) is 1. The van der Waals surface area contributed by atoms with Crippen LogP contribution in [0.1, 0.15) is 55.7 Å². The summed E-state index contributed by atoms with van der Waals surface area (Å²) in [5.74, 6) is 1.28. The molecule has 0 spiro atoms. The first kappa shape index (κ1) is 16.1. The maximum Gasteiger partial charge on any atom is 0.227 e. The molecule has 0 radical (unpaired) electrons. The summed E-state index contributed by atoms with van der Waals surface area (Å²) < 4.78 is 5.40. The van der Waals surface area contributed by atoms with Crippen molar-refractivity contribution < 1.29 is 9.32 Å². The number of hydrogen-bond acceptors (Lipinski definition) is 3. The lowest BCUT2D eigenvalue weighted by Gasteiger charge is -2.23. The number of hydrogen-bond donors (Lipinski definition) is 0. The zero-order valence-electron chi connectivity index (χ0n) is 13.5. The third-order valence-electron chi connectivity index (χ3n) is 4.27. The van der Waals surface area contributed by atoms with Crippen LogP contribution in [0.3, 0.4) is 0 Å². The van der Waals surface area contributed by atoms with Gasteiger partial charge in [0.15, 0.2) is 0 Å². The van der Waals surface area contributed by atoms with Crippen LogP contribution in [0.25, 0.3) is 0 Å². The highest BCUT2D eigenvalue weighted by Crippen LogP contribution is 2.33. The van der Waals surface area contributed by atoms with Gasteiger partial charge in [-0.25, -0.2) is 0 Å². The Morgan fingerprint density at radius 2 is 2.26 bits per heavy atom. The molecule has 1 saturated heterocycles. The highest BCUT2D eigenvalue weighted by atomic mass is 35.5. The molecule has 1 fully saturated rings. The SMILES string of the molecule is CC(C)c1cc([C@@H]2CCCN2C(=O)Cc2cccc(Cl)c2)no1. The lowest BCUT2D eigenvalue weighted by molar-refractivity contribution is -0.131. The largest absolute Gasteiger partial charge is 0.361 e. The molecule has 1 aromatic heterocycles. The maximum absolute atomic E-state index is 12.7. The zero-order chi connectivity index (χ0) is 16.4. The van der Waals surface area contributed by atoms with E-state index in [4.69, 9.17) is 16.1 Å². The Balaban J connectivity index is 1.74. The lowest BCUT2D eigenvalue weighted by atomic mass is 10.1. The van der Waals surface area contributed by atoms with Crippen molar-refractivity contribution in [2.75, 3.05) is 6.54 Å². The highest BCUT2D eigenvalue weighted by molar-refractivity contribution is 6.30. The first-order chi connectivity index (χ1) is 11.0. The number of rotatable bonds is 4. The fourth-order valence-corrected chi connectivity index (χ4v) is 3.24. The van der Waals surface area contributed by atoms with Gasteiger partial charge in [-0.3, -0.25) is 4.79 Å². The lowest BCUT2D eigenvalue weighted by Crippen LogP contribution is -2.32. The summed E-state index contributed by atoms with van der Waals surface area (Å²) in [7, 11) is 0. The monoisotopic (exact) mass is 332 g/mol. The number of halogens is 1. The molecule has 1 amide bonds. The second kappa shape index (κ2) is 6.75. The highest BCUT2D eigenvalue weighted by Gasteiger charge is 2.32. The summed E-state index contributed by atoms with van der Waals surface area (Å²) in [4.78, 5) is 14.6. The summed E-state index contributed by atoms with van der Waals surface area (Å²) in [5.41, 5.74) is 1.81. The van der Waals surface area contributed by atoms with Gasteiger partial charge in [0, 0.05) is 23.6 Å². The molecule has 23 heavy (non-hydrogen) atoms. The number of nitrogens with zero attached hydrogens (tertiary/aromatic N) is 2. The van der Waals surface area contributed by atoms with Gasteiger partial charge in [-0.1, -0.05) is 42.7 Å².